The number of dihydropyridines is 1. The van der Waals surface area contributed by atoms with E-state index in [0.717, 1.165) is 51.4 Å². The molecule has 2 N–H and O–H groups in total. The highest BCUT2D eigenvalue weighted by Gasteiger charge is 2.40. The van der Waals surface area contributed by atoms with Crippen molar-refractivity contribution in [2.45, 2.75) is 84.0 Å². The van der Waals surface area contributed by atoms with Crippen molar-refractivity contribution in [3.05, 3.63) is 38.7 Å². The summed E-state index contributed by atoms with van der Waals surface area (Å²) < 4.78 is 11.6. The number of allylic oxidation sites excluding steroid dienone is 2. The van der Waals surface area contributed by atoms with Gasteiger partial charge in [-0.05, 0) is 51.4 Å². The number of rotatable bonds is 7. The molecule has 2 saturated carbocycles. The largest absolute Gasteiger partial charge is 0.462 e. The summed E-state index contributed by atoms with van der Waals surface area (Å²) >= 11 is 12.3. The van der Waals surface area contributed by atoms with Gasteiger partial charge < -0.3 is 19.8 Å². The number of esters is 2. The van der Waals surface area contributed by atoms with Gasteiger partial charge in [0, 0.05) is 11.4 Å². The zero-order valence-electron chi connectivity index (χ0n) is 20.6. The van der Waals surface area contributed by atoms with Crippen LogP contribution in [0.25, 0.3) is 0 Å². The van der Waals surface area contributed by atoms with Crippen LogP contribution in [0, 0.1) is 11.8 Å². The van der Waals surface area contributed by atoms with Crippen molar-refractivity contribution >= 4 is 35.1 Å². The van der Waals surface area contributed by atoms with Crippen molar-refractivity contribution in [3.63, 3.8) is 0 Å². The van der Waals surface area contributed by atoms with Gasteiger partial charge in [-0.25, -0.2) is 14.6 Å². The highest BCUT2D eigenvalue weighted by atomic mass is 35.5. The van der Waals surface area contributed by atoms with Crippen molar-refractivity contribution < 1.29 is 19.1 Å². The first kappa shape index (κ1) is 26.1. The molecule has 1 aromatic heterocycles. The van der Waals surface area contributed by atoms with Crippen LogP contribution in [0.1, 0.15) is 89.8 Å². The van der Waals surface area contributed by atoms with E-state index in [4.69, 9.17) is 32.7 Å². The summed E-state index contributed by atoms with van der Waals surface area (Å²) in [5, 5.41) is 3.42. The van der Waals surface area contributed by atoms with Crippen molar-refractivity contribution in [2.75, 3.05) is 13.2 Å². The lowest BCUT2D eigenvalue weighted by molar-refractivity contribution is -0.141. The van der Waals surface area contributed by atoms with Crippen LogP contribution in [-0.2, 0) is 19.1 Å². The summed E-state index contributed by atoms with van der Waals surface area (Å²) in [6.07, 6.45) is 11.4. The number of ether oxygens (including phenoxy) is 2. The molecular formula is C26H35Cl2N3O4. The molecule has 0 spiro atoms. The molecule has 0 unspecified atom stereocenters. The number of imidazole rings is 1. The Morgan fingerprint density at radius 2 is 1.29 bits per heavy atom. The normalized spacial score (nSPS) is 20.7. The molecule has 2 fully saturated rings. The summed E-state index contributed by atoms with van der Waals surface area (Å²) in [6, 6.07) is 0. The van der Waals surface area contributed by atoms with Gasteiger partial charge in [0.15, 0.2) is 5.15 Å². The van der Waals surface area contributed by atoms with Crippen LogP contribution in [0.15, 0.2) is 22.5 Å². The quantitative estimate of drug-likeness (QED) is 0.413. The molecular weight excluding hydrogens is 489 g/mol. The van der Waals surface area contributed by atoms with Crippen LogP contribution in [-0.4, -0.2) is 35.1 Å². The first-order chi connectivity index (χ1) is 16.8. The minimum Gasteiger partial charge on any atom is -0.462 e. The lowest BCUT2D eigenvalue weighted by atomic mass is 9.84. The van der Waals surface area contributed by atoms with Crippen LogP contribution in [0.2, 0.25) is 10.3 Å². The highest BCUT2D eigenvalue weighted by molar-refractivity contribution is 6.40. The maximum Gasteiger partial charge on any atom is 0.336 e. The molecule has 0 atom stereocenters. The van der Waals surface area contributed by atoms with Crippen LogP contribution in [0.4, 0.5) is 0 Å². The van der Waals surface area contributed by atoms with Gasteiger partial charge in [-0.2, -0.15) is 0 Å². The second-order valence-electron chi connectivity index (χ2n) is 10.1. The molecule has 2 heterocycles. The van der Waals surface area contributed by atoms with Crippen molar-refractivity contribution in [1.82, 2.24) is 15.3 Å². The van der Waals surface area contributed by atoms with E-state index in [9.17, 15) is 9.59 Å². The fourth-order valence-electron chi connectivity index (χ4n) is 5.54. The van der Waals surface area contributed by atoms with Gasteiger partial charge in [-0.15, -0.1) is 0 Å². The van der Waals surface area contributed by atoms with E-state index in [2.05, 4.69) is 15.3 Å². The number of carbonyl (C=O) groups excluding carboxylic acids is 2. The second-order valence-corrected chi connectivity index (χ2v) is 10.8. The Balaban J connectivity index is 1.58. The number of carbonyl (C=O) groups is 2. The maximum atomic E-state index is 13.4. The highest BCUT2D eigenvalue weighted by Crippen LogP contribution is 2.40. The number of aromatic amines is 1. The van der Waals surface area contributed by atoms with E-state index in [1.54, 1.807) is 13.8 Å². The summed E-state index contributed by atoms with van der Waals surface area (Å²) in [4.78, 5) is 34.1. The molecule has 1 aliphatic heterocycles. The third-order valence-corrected chi connectivity index (χ3v) is 8.10. The maximum absolute atomic E-state index is 13.4. The van der Waals surface area contributed by atoms with Crippen LogP contribution in [0.3, 0.4) is 0 Å². The van der Waals surface area contributed by atoms with Crippen molar-refractivity contribution in [3.8, 4) is 0 Å². The van der Waals surface area contributed by atoms with Gasteiger partial charge in [0.25, 0.3) is 0 Å². The van der Waals surface area contributed by atoms with Gasteiger partial charge in [0.05, 0.1) is 30.3 Å². The van der Waals surface area contributed by atoms with E-state index in [1.165, 1.54) is 12.8 Å². The Labute approximate surface area is 217 Å². The fourth-order valence-corrected chi connectivity index (χ4v) is 5.82. The van der Waals surface area contributed by atoms with Crippen LogP contribution < -0.4 is 5.32 Å². The number of hydrogen-bond acceptors (Lipinski definition) is 6. The molecule has 0 aromatic carbocycles. The van der Waals surface area contributed by atoms with E-state index in [0.29, 0.717) is 53.4 Å². The number of nitrogens with zero attached hydrogens (tertiary/aromatic N) is 1. The molecule has 35 heavy (non-hydrogen) atoms. The Morgan fingerprint density at radius 1 is 0.829 bits per heavy atom. The molecule has 4 rings (SSSR count). The van der Waals surface area contributed by atoms with Gasteiger partial charge in [0.1, 0.15) is 11.0 Å². The zero-order chi connectivity index (χ0) is 24.9. The monoisotopic (exact) mass is 523 g/mol. The molecule has 2 aliphatic carbocycles. The molecule has 0 amide bonds. The topological polar surface area (TPSA) is 93.3 Å². The number of hydrogen-bond donors (Lipinski definition) is 2. The average molecular weight is 524 g/mol. The summed E-state index contributed by atoms with van der Waals surface area (Å²) in [6.45, 7) is 4.33. The smallest absolute Gasteiger partial charge is 0.336 e. The van der Waals surface area contributed by atoms with Crippen LogP contribution in [0.5, 0.6) is 0 Å². The first-order valence-electron chi connectivity index (χ1n) is 12.8. The fraction of sp³-hybridized carbons (Fsp3) is 0.654. The standard InChI is InChI=1S/C26H35Cl2N3O4/c1-15-19(25(32)34-13-17-9-5-3-6-10-17)21(24-30-22(27)23(28)31-24)20(16(2)29-15)26(33)35-14-18-11-7-4-8-12-18/h17-18,21,29H,3-14H2,1-2H3,(H,30,31). The summed E-state index contributed by atoms with van der Waals surface area (Å²) in [5.74, 6) is -0.714. The predicted octanol–water partition coefficient (Wildman–Crippen LogP) is 6.20. The molecule has 0 bridgehead atoms. The SMILES string of the molecule is CC1=C(C(=O)OCC2CCCCC2)C(c2nc(Cl)c(Cl)[nH]2)C(C(=O)OCC2CCCCC2)=C(C)N1. The Bertz CT molecular complexity index is 929. The third kappa shape index (κ3) is 6.23. The lowest BCUT2D eigenvalue weighted by Gasteiger charge is -2.30. The van der Waals surface area contributed by atoms with Crippen molar-refractivity contribution in [2.24, 2.45) is 11.8 Å². The zero-order valence-corrected chi connectivity index (χ0v) is 22.1. The molecule has 1 aromatic rings. The predicted molar refractivity (Wildman–Crippen MR) is 135 cm³/mol. The lowest BCUT2D eigenvalue weighted by Crippen LogP contribution is -2.34. The van der Waals surface area contributed by atoms with E-state index >= 15 is 0 Å². The third-order valence-electron chi connectivity index (χ3n) is 7.46. The van der Waals surface area contributed by atoms with Gasteiger partial charge in [-0.3, -0.25) is 0 Å². The number of nitrogens with one attached hydrogen (secondary N) is 2. The number of H-pyrrole nitrogens is 1. The van der Waals surface area contributed by atoms with Gasteiger partial charge in [-0.1, -0.05) is 61.7 Å². The summed E-state index contributed by atoms with van der Waals surface area (Å²) in [7, 11) is 0. The van der Waals surface area contributed by atoms with Gasteiger partial charge >= 0.3 is 11.9 Å². The van der Waals surface area contributed by atoms with Gasteiger partial charge in [0.2, 0.25) is 0 Å². The molecule has 7 nitrogen and oxygen atoms in total. The summed E-state index contributed by atoms with van der Waals surface area (Å²) in [5.41, 5.74) is 1.85. The molecule has 0 saturated heterocycles. The minimum absolute atomic E-state index is 0.0837. The second kappa shape index (κ2) is 11.8. The Morgan fingerprint density at radius 3 is 1.69 bits per heavy atom. The first-order valence-corrected chi connectivity index (χ1v) is 13.5. The number of halogens is 2. The Hall–Kier alpha value is -1.99. The van der Waals surface area contributed by atoms with E-state index < -0.39 is 17.9 Å². The Kier molecular flexibility index (Phi) is 8.82. The average Bonchev–Trinajstić information content (AvgIpc) is 3.19. The molecule has 192 valence electrons. The minimum atomic E-state index is -0.820. The van der Waals surface area contributed by atoms with Crippen molar-refractivity contribution in [1.29, 1.82) is 0 Å². The van der Waals surface area contributed by atoms with E-state index in [-0.39, 0.29) is 10.3 Å². The van der Waals surface area contributed by atoms with E-state index in [1.807, 2.05) is 0 Å². The number of aromatic nitrogens is 2. The molecule has 3 aliphatic rings. The molecule has 9 heteroatoms. The molecule has 0 radical (unpaired) electrons. The van der Waals surface area contributed by atoms with Crippen LogP contribution >= 0.6 is 23.2 Å².